The van der Waals surface area contributed by atoms with Gasteiger partial charge in [-0.25, -0.2) is 0 Å². The zero-order valence-electron chi connectivity index (χ0n) is 16.4. The molecule has 1 saturated heterocycles. The normalized spacial score (nSPS) is 13.3. The van der Waals surface area contributed by atoms with Crippen LogP contribution in [-0.4, -0.2) is 37.4 Å². The van der Waals surface area contributed by atoms with E-state index >= 15 is 0 Å². The van der Waals surface area contributed by atoms with E-state index in [0.29, 0.717) is 30.9 Å². The van der Waals surface area contributed by atoms with Crippen molar-refractivity contribution in [1.82, 2.24) is 10.6 Å². The Labute approximate surface area is 170 Å². The van der Waals surface area contributed by atoms with Crippen LogP contribution in [0, 0.1) is 0 Å². The Kier molecular flexibility index (Phi) is 6.84. The fourth-order valence-corrected chi connectivity index (χ4v) is 3.11. The number of nitrogens with zero attached hydrogens (tertiary/aromatic N) is 1. The van der Waals surface area contributed by atoms with E-state index in [-0.39, 0.29) is 24.3 Å². The maximum atomic E-state index is 12.1. The highest BCUT2D eigenvalue weighted by atomic mass is 16.5. The van der Waals surface area contributed by atoms with Crippen molar-refractivity contribution >= 4 is 23.4 Å². The molecule has 2 aromatic carbocycles. The van der Waals surface area contributed by atoms with Gasteiger partial charge in [-0.15, -0.1) is 0 Å². The molecule has 1 heterocycles. The third kappa shape index (κ3) is 5.57. The average molecular weight is 395 g/mol. The monoisotopic (exact) mass is 395 g/mol. The van der Waals surface area contributed by atoms with Crippen molar-refractivity contribution in [3.8, 4) is 5.75 Å². The van der Waals surface area contributed by atoms with E-state index in [2.05, 4.69) is 10.6 Å². The molecule has 1 aliphatic rings. The van der Waals surface area contributed by atoms with Crippen molar-refractivity contribution in [1.29, 1.82) is 0 Å². The van der Waals surface area contributed by atoms with Gasteiger partial charge >= 0.3 is 0 Å². The van der Waals surface area contributed by atoms with Gasteiger partial charge in [0.15, 0.2) is 0 Å². The van der Waals surface area contributed by atoms with Gasteiger partial charge in [0.1, 0.15) is 5.75 Å². The second-order valence-electron chi connectivity index (χ2n) is 6.73. The highest BCUT2D eigenvalue weighted by molar-refractivity contribution is 5.96. The molecule has 0 radical (unpaired) electrons. The second-order valence-corrected chi connectivity index (χ2v) is 6.73. The van der Waals surface area contributed by atoms with Gasteiger partial charge in [-0.3, -0.25) is 14.4 Å². The molecule has 2 N–H and O–H groups in total. The highest BCUT2D eigenvalue weighted by Crippen LogP contribution is 2.21. The molecule has 0 atom stereocenters. The zero-order chi connectivity index (χ0) is 20.6. The van der Waals surface area contributed by atoms with E-state index in [1.165, 1.54) is 0 Å². The minimum absolute atomic E-state index is 0.105. The van der Waals surface area contributed by atoms with E-state index in [4.69, 9.17) is 4.74 Å². The number of ether oxygens (including phenoxy) is 1. The van der Waals surface area contributed by atoms with Gasteiger partial charge in [0.2, 0.25) is 11.8 Å². The molecule has 0 saturated carbocycles. The molecule has 0 aromatic heterocycles. The summed E-state index contributed by atoms with van der Waals surface area (Å²) in [5.74, 6) is 0.252. The van der Waals surface area contributed by atoms with Crippen LogP contribution in [0.5, 0.6) is 5.75 Å². The van der Waals surface area contributed by atoms with Gasteiger partial charge in [-0.2, -0.15) is 0 Å². The zero-order valence-corrected chi connectivity index (χ0v) is 16.4. The fraction of sp³-hybridized carbons (Fsp3) is 0.318. The third-order valence-corrected chi connectivity index (χ3v) is 4.65. The first-order valence-electron chi connectivity index (χ1n) is 9.74. The van der Waals surface area contributed by atoms with E-state index in [9.17, 15) is 14.4 Å². The first kappa shape index (κ1) is 20.4. The van der Waals surface area contributed by atoms with Gasteiger partial charge in [-0.05, 0) is 55.3 Å². The first-order chi connectivity index (χ1) is 14.1. The summed E-state index contributed by atoms with van der Waals surface area (Å²) >= 11 is 0. The maximum Gasteiger partial charge on any atom is 0.251 e. The van der Waals surface area contributed by atoms with Crippen LogP contribution in [0.25, 0.3) is 0 Å². The minimum Gasteiger partial charge on any atom is -0.494 e. The molecule has 7 heteroatoms. The molecule has 0 aliphatic carbocycles. The molecular weight excluding hydrogens is 370 g/mol. The van der Waals surface area contributed by atoms with Crippen molar-refractivity contribution in [2.24, 2.45) is 0 Å². The predicted octanol–water partition coefficient (Wildman–Crippen LogP) is 2.26. The number of hydrogen-bond acceptors (Lipinski definition) is 4. The average Bonchev–Trinajstić information content (AvgIpc) is 3.17. The van der Waals surface area contributed by atoms with Crippen molar-refractivity contribution < 1.29 is 19.1 Å². The van der Waals surface area contributed by atoms with Crippen LogP contribution in [0.2, 0.25) is 0 Å². The summed E-state index contributed by atoms with van der Waals surface area (Å²) in [6.45, 7) is 3.45. The topological polar surface area (TPSA) is 87.7 Å². The molecular formula is C22H25N3O4. The SMILES string of the molecule is CCOc1ccc(C(=O)NCC(=O)NCc2ccc(N3CCCC3=O)cc2)cc1. The molecule has 0 unspecified atom stereocenters. The Bertz CT molecular complexity index is 863. The molecule has 29 heavy (non-hydrogen) atoms. The summed E-state index contributed by atoms with van der Waals surface area (Å²) < 4.78 is 5.34. The molecule has 2 aromatic rings. The number of hydrogen-bond donors (Lipinski definition) is 2. The molecule has 7 nitrogen and oxygen atoms in total. The predicted molar refractivity (Wildman–Crippen MR) is 110 cm³/mol. The summed E-state index contributed by atoms with van der Waals surface area (Å²) in [6.07, 6.45) is 1.49. The number of amides is 3. The van der Waals surface area contributed by atoms with Crippen molar-refractivity contribution in [3.05, 3.63) is 59.7 Å². The Hall–Kier alpha value is -3.35. The quantitative estimate of drug-likeness (QED) is 0.718. The number of carbonyl (C=O) groups is 3. The molecule has 1 aliphatic heterocycles. The largest absolute Gasteiger partial charge is 0.494 e. The van der Waals surface area contributed by atoms with Crippen LogP contribution in [0.15, 0.2) is 48.5 Å². The van der Waals surface area contributed by atoms with Crippen LogP contribution >= 0.6 is 0 Å². The fourth-order valence-electron chi connectivity index (χ4n) is 3.11. The van der Waals surface area contributed by atoms with Crippen LogP contribution in [0.4, 0.5) is 5.69 Å². The lowest BCUT2D eigenvalue weighted by molar-refractivity contribution is -0.120. The van der Waals surface area contributed by atoms with E-state index in [1.54, 1.807) is 29.2 Å². The second kappa shape index (κ2) is 9.73. The van der Waals surface area contributed by atoms with Crippen LogP contribution < -0.4 is 20.3 Å². The summed E-state index contributed by atoms with van der Waals surface area (Å²) in [5.41, 5.74) is 2.27. The Morgan fingerprint density at radius 3 is 2.38 bits per heavy atom. The van der Waals surface area contributed by atoms with Gasteiger partial charge in [0.25, 0.3) is 5.91 Å². The van der Waals surface area contributed by atoms with Gasteiger partial charge < -0.3 is 20.3 Å². The summed E-state index contributed by atoms with van der Waals surface area (Å²) in [4.78, 5) is 37.7. The van der Waals surface area contributed by atoms with Crippen LogP contribution in [-0.2, 0) is 16.1 Å². The molecule has 1 fully saturated rings. The summed E-state index contributed by atoms with van der Waals surface area (Å²) in [6, 6.07) is 14.3. The number of carbonyl (C=O) groups excluding carboxylic acids is 3. The minimum atomic E-state index is -0.317. The van der Waals surface area contributed by atoms with Gasteiger partial charge in [0.05, 0.1) is 13.2 Å². The van der Waals surface area contributed by atoms with Crippen LogP contribution in [0.1, 0.15) is 35.7 Å². The smallest absolute Gasteiger partial charge is 0.251 e. The molecule has 3 amide bonds. The van der Waals surface area contributed by atoms with Gasteiger partial charge in [0, 0.05) is 30.8 Å². The highest BCUT2D eigenvalue weighted by Gasteiger charge is 2.21. The lowest BCUT2D eigenvalue weighted by atomic mass is 10.2. The molecule has 3 rings (SSSR count). The van der Waals surface area contributed by atoms with E-state index in [0.717, 1.165) is 24.2 Å². The van der Waals surface area contributed by atoms with Crippen molar-refractivity contribution in [2.45, 2.75) is 26.3 Å². The van der Waals surface area contributed by atoms with E-state index in [1.807, 2.05) is 31.2 Å². The van der Waals surface area contributed by atoms with Crippen LogP contribution in [0.3, 0.4) is 0 Å². The number of rotatable bonds is 8. The number of nitrogens with one attached hydrogen (secondary N) is 2. The molecule has 152 valence electrons. The molecule has 0 bridgehead atoms. The standard InChI is InChI=1S/C22H25N3O4/c1-2-29-19-11-7-17(8-12-19)22(28)24-15-20(26)23-14-16-5-9-18(10-6-16)25-13-3-4-21(25)27/h5-12H,2-4,13-15H2,1H3,(H,23,26)(H,24,28). The maximum absolute atomic E-state index is 12.1. The number of anilines is 1. The third-order valence-electron chi connectivity index (χ3n) is 4.65. The van der Waals surface area contributed by atoms with Gasteiger partial charge in [-0.1, -0.05) is 12.1 Å². The number of benzene rings is 2. The lowest BCUT2D eigenvalue weighted by Gasteiger charge is -2.16. The van der Waals surface area contributed by atoms with E-state index < -0.39 is 0 Å². The van der Waals surface area contributed by atoms with Crippen molar-refractivity contribution in [2.75, 3.05) is 24.6 Å². The van der Waals surface area contributed by atoms with Crippen molar-refractivity contribution in [3.63, 3.8) is 0 Å². The first-order valence-corrected chi connectivity index (χ1v) is 9.74. The Morgan fingerprint density at radius 2 is 1.76 bits per heavy atom. The summed E-state index contributed by atoms with van der Waals surface area (Å²) in [7, 11) is 0. The Balaban J connectivity index is 1.42. The Morgan fingerprint density at radius 1 is 1.03 bits per heavy atom. The molecule has 0 spiro atoms. The lowest BCUT2D eigenvalue weighted by Crippen LogP contribution is -2.36. The summed E-state index contributed by atoms with van der Waals surface area (Å²) in [5, 5.41) is 5.38.